The van der Waals surface area contributed by atoms with Crippen LogP contribution in [0.1, 0.15) is 0 Å². The fourth-order valence-corrected chi connectivity index (χ4v) is 2.94. The van der Waals surface area contributed by atoms with Gasteiger partial charge in [0.1, 0.15) is 62.5 Å². The number of carbonyl (C=O) groups is 1. The van der Waals surface area contributed by atoms with Crippen molar-refractivity contribution in [3.63, 3.8) is 0 Å². The molecule has 0 spiro atoms. The number of rotatable bonds is 8. The van der Waals surface area contributed by atoms with Gasteiger partial charge in [0.2, 0.25) is 5.79 Å². The lowest BCUT2D eigenvalue weighted by molar-refractivity contribution is -0.383. The first-order valence-electron chi connectivity index (χ1n) is 8.74. The number of aliphatic hydroxyl groups is 8. The van der Waals surface area contributed by atoms with Crippen LogP contribution >= 0.6 is 0 Å². The highest BCUT2D eigenvalue weighted by molar-refractivity contribution is 5.59. The van der Waals surface area contributed by atoms with E-state index in [0.717, 1.165) is 0 Å². The van der Waals surface area contributed by atoms with E-state index < -0.39 is 87.4 Å². The van der Waals surface area contributed by atoms with Gasteiger partial charge in [-0.2, -0.15) is 0 Å². The Labute approximate surface area is 164 Å². The predicted octanol–water partition coefficient (Wildman–Crippen LogP) is -5.24. The van der Waals surface area contributed by atoms with Crippen LogP contribution < -0.4 is 0 Å². The maximum absolute atomic E-state index is 11.3. The van der Waals surface area contributed by atoms with Crippen molar-refractivity contribution < 1.29 is 69.3 Å². The van der Waals surface area contributed by atoms with Crippen LogP contribution in [0.15, 0.2) is 0 Å². The lowest BCUT2D eigenvalue weighted by atomic mass is 9.99. The van der Waals surface area contributed by atoms with Crippen molar-refractivity contribution in [2.75, 3.05) is 33.0 Å². The average Bonchev–Trinajstić information content (AvgIpc) is 2.96. The molecule has 14 heteroatoms. The van der Waals surface area contributed by atoms with Gasteiger partial charge in [0.05, 0.1) is 13.2 Å². The zero-order chi connectivity index (χ0) is 21.8. The summed E-state index contributed by atoms with van der Waals surface area (Å²) in [6.07, 6.45) is -14.7. The summed E-state index contributed by atoms with van der Waals surface area (Å²) in [7, 11) is 0. The topological polar surface area (TPSA) is 225 Å². The number of hydrogen-bond donors (Lipinski definition) is 8. The Kier molecular flexibility index (Phi) is 8.50. The second-order valence-electron chi connectivity index (χ2n) is 6.51. The van der Waals surface area contributed by atoms with Crippen molar-refractivity contribution in [1.29, 1.82) is 0 Å². The van der Waals surface area contributed by atoms with Crippen LogP contribution in [0.2, 0.25) is 0 Å². The average molecular weight is 430 g/mol. The number of ether oxygens (including phenoxy) is 5. The Morgan fingerprint density at radius 2 is 1.59 bits per heavy atom. The molecule has 2 heterocycles. The maximum Gasteiger partial charge on any atom is 0.508 e. The highest BCUT2D eigenvalue weighted by atomic mass is 16.8. The number of hydrogen-bond acceptors (Lipinski definition) is 14. The molecule has 29 heavy (non-hydrogen) atoms. The SMILES string of the molecule is O=C(OCCO)OC[C@H]1O[C@H](O[C@]2(CO)O[C@H](CO)[C@@H](O)[C@@H]2O)[C@H](O)[C@@H](O)[C@@H]1O. The molecule has 8 N–H and O–H groups in total. The van der Waals surface area contributed by atoms with Gasteiger partial charge in [0.15, 0.2) is 6.29 Å². The molecule has 2 aliphatic heterocycles. The first-order chi connectivity index (χ1) is 13.7. The molecule has 0 amide bonds. The van der Waals surface area contributed by atoms with E-state index in [2.05, 4.69) is 9.47 Å². The molecule has 2 aliphatic rings. The van der Waals surface area contributed by atoms with Crippen LogP contribution in [0.5, 0.6) is 0 Å². The normalized spacial score (nSPS) is 42.6. The van der Waals surface area contributed by atoms with E-state index in [0.29, 0.717) is 0 Å². The van der Waals surface area contributed by atoms with Gasteiger partial charge in [0.25, 0.3) is 0 Å². The quantitative estimate of drug-likeness (QED) is 0.168. The highest BCUT2D eigenvalue weighted by Crippen LogP contribution is 2.36. The molecule has 0 radical (unpaired) electrons. The van der Waals surface area contributed by atoms with Crippen LogP contribution in [0, 0.1) is 0 Å². The highest BCUT2D eigenvalue weighted by Gasteiger charge is 2.58. The fourth-order valence-electron chi connectivity index (χ4n) is 2.94. The smallest absolute Gasteiger partial charge is 0.432 e. The molecular weight excluding hydrogens is 404 g/mol. The Morgan fingerprint density at radius 1 is 0.897 bits per heavy atom. The zero-order valence-electron chi connectivity index (χ0n) is 15.2. The molecular formula is C15H26O14. The summed E-state index contributed by atoms with van der Waals surface area (Å²) in [6, 6.07) is 0. The molecule has 0 aliphatic carbocycles. The second kappa shape index (κ2) is 10.2. The summed E-state index contributed by atoms with van der Waals surface area (Å²) in [5.74, 6) is -2.31. The van der Waals surface area contributed by atoms with Crippen LogP contribution in [0.25, 0.3) is 0 Å². The van der Waals surface area contributed by atoms with Crippen molar-refractivity contribution in [2.24, 2.45) is 0 Å². The fraction of sp³-hybridized carbons (Fsp3) is 0.933. The summed E-state index contributed by atoms with van der Waals surface area (Å²) in [5, 5.41) is 77.5. The van der Waals surface area contributed by atoms with E-state index in [-0.39, 0.29) is 6.61 Å². The molecule has 9 atom stereocenters. The van der Waals surface area contributed by atoms with E-state index in [1.54, 1.807) is 0 Å². The summed E-state index contributed by atoms with van der Waals surface area (Å²) >= 11 is 0. The summed E-state index contributed by atoms with van der Waals surface area (Å²) in [5.41, 5.74) is 0. The van der Waals surface area contributed by atoms with Gasteiger partial charge in [-0.3, -0.25) is 0 Å². The molecule has 0 bridgehead atoms. The third-order valence-corrected chi connectivity index (χ3v) is 4.57. The standard InChI is InChI=1S/C15H26O14/c16-1-2-25-14(24)26-4-7-8(19)10(21)11(22)13(27-7)29-15(5-18)12(23)9(20)6(3-17)28-15/h6-13,16-23H,1-5H2/t6-,7-,8-,9-,10+,11-,12+,13-,15+/m1/s1. The summed E-state index contributed by atoms with van der Waals surface area (Å²) in [6.45, 7) is -3.16. The van der Waals surface area contributed by atoms with E-state index in [9.17, 15) is 40.5 Å². The van der Waals surface area contributed by atoms with E-state index in [1.165, 1.54) is 0 Å². The Morgan fingerprint density at radius 3 is 2.14 bits per heavy atom. The van der Waals surface area contributed by atoms with Crippen LogP contribution in [0.3, 0.4) is 0 Å². The molecule has 2 saturated heterocycles. The van der Waals surface area contributed by atoms with Crippen molar-refractivity contribution in [3.05, 3.63) is 0 Å². The van der Waals surface area contributed by atoms with Crippen molar-refractivity contribution >= 4 is 6.16 Å². The Balaban J connectivity index is 2.07. The number of aliphatic hydroxyl groups excluding tert-OH is 8. The third-order valence-electron chi connectivity index (χ3n) is 4.57. The number of carbonyl (C=O) groups excluding carboxylic acids is 1. The molecule has 0 saturated carbocycles. The monoisotopic (exact) mass is 430 g/mol. The minimum absolute atomic E-state index is 0.331. The van der Waals surface area contributed by atoms with E-state index in [4.69, 9.17) is 19.3 Å². The maximum atomic E-state index is 11.3. The molecule has 0 aromatic carbocycles. The first-order valence-corrected chi connectivity index (χ1v) is 8.74. The molecule has 0 aromatic rings. The first kappa shape index (κ1) is 24.1. The molecule has 0 unspecified atom stereocenters. The van der Waals surface area contributed by atoms with Gasteiger partial charge in [-0.15, -0.1) is 0 Å². The van der Waals surface area contributed by atoms with Gasteiger partial charge in [0, 0.05) is 0 Å². The van der Waals surface area contributed by atoms with Gasteiger partial charge in [-0.05, 0) is 0 Å². The van der Waals surface area contributed by atoms with Crippen LogP contribution in [0.4, 0.5) is 4.79 Å². The zero-order valence-corrected chi connectivity index (χ0v) is 15.2. The molecule has 14 nitrogen and oxygen atoms in total. The van der Waals surface area contributed by atoms with Crippen molar-refractivity contribution in [2.45, 2.75) is 54.8 Å². The van der Waals surface area contributed by atoms with Crippen LogP contribution in [-0.2, 0) is 23.7 Å². The molecule has 0 aromatic heterocycles. The van der Waals surface area contributed by atoms with Crippen molar-refractivity contribution in [1.82, 2.24) is 0 Å². The van der Waals surface area contributed by atoms with Gasteiger partial charge in [-0.1, -0.05) is 0 Å². The minimum Gasteiger partial charge on any atom is -0.432 e. The Hall–Kier alpha value is -1.17. The summed E-state index contributed by atoms with van der Waals surface area (Å²) in [4.78, 5) is 11.3. The Bertz CT molecular complexity index is 533. The minimum atomic E-state index is -2.31. The predicted molar refractivity (Wildman–Crippen MR) is 85.9 cm³/mol. The summed E-state index contributed by atoms with van der Waals surface area (Å²) < 4.78 is 24.9. The lowest BCUT2D eigenvalue weighted by Gasteiger charge is -2.43. The lowest BCUT2D eigenvalue weighted by Crippen LogP contribution is -2.62. The molecule has 170 valence electrons. The van der Waals surface area contributed by atoms with Gasteiger partial charge >= 0.3 is 6.16 Å². The van der Waals surface area contributed by atoms with Crippen LogP contribution in [-0.4, -0.2) is 135 Å². The second-order valence-corrected chi connectivity index (χ2v) is 6.51. The van der Waals surface area contributed by atoms with Gasteiger partial charge in [-0.25, -0.2) is 4.79 Å². The van der Waals surface area contributed by atoms with Crippen molar-refractivity contribution in [3.8, 4) is 0 Å². The molecule has 2 rings (SSSR count). The third kappa shape index (κ3) is 5.12. The largest absolute Gasteiger partial charge is 0.508 e. The van der Waals surface area contributed by atoms with E-state index >= 15 is 0 Å². The van der Waals surface area contributed by atoms with Gasteiger partial charge < -0.3 is 64.5 Å². The molecule has 2 fully saturated rings. The van der Waals surface area contributed by atoms with E-state index in [1.807, 2.05) is 0 Å².